The molecule has 0 bridgehead atoms. The lowest BCUT2D eigenvalue weighted by Crippen LogP contribution is -2.42. The molecule has 2 aromatic heterocycles. The average Bonchev–Trinajstić information content (AvgIpc) is 2.74. The van der Waals surface area contributed by atoms with Gasteiger partial charge in [0.05, 0.1) is 25.0 Å². The minimum absolute atomic E-state index is 0.140. The van der Waals surface area contributed by atoms with Crippen molar-refractivity contribution in [3.63, 3.8) is 0 Å². The summed E-state index contributed by atoms with van der Waals surface area (Å²) in [6, 6.07) is 11.8. The maximum absolute atomic E-state index is 12.6. The summed E-state index contributed by atoms with van der Waals surface area (Å²) in [5.41, 5.74) is 3.38. The Kier molecular flexibility index (Phi) is 5.60. The monoisotopic (exact) mass is 394 g/mol. The van der Waals surface area contributed by atoms with Gasteiger partial charge in [-0.05, 0) is 35.7 Å². The van der Waals surface area contributed by atoms with Gasteiger partial charge in [-0.25, -0.2) is 4.98 Å². The van der Waals surface area contributed by atoms with Crippen LogP contribution in [0.3, 0.4) is 0 Å². The van der Waals surface area contributed by atoms with Crippen molar-refractivity contribution in [2.75, 3.05) is 19.7 Å². The van der Waals surface area contributed by atoms with Crippen molar-refractivity contribution < 1.29 is 9.53 Å². The first kappa shape index (κ1) is 18.5. The molecule has 3 aromatic rings. The van der Waals surface area contributed by atoms with E-state index in [0.29, 0.717) is 25.4 Å². The highest BCUT2D eigenvalue weighted by atomic mass is 35.5. The number of rotatable bonds is 4. The molecular formula is C21H19ClN4O2. The topological polar surface area (TPSA) is 68.2 Å². The predicted molar refractivity (Wildman–Crippen MR) is 105 cm³/mol. The Balaban J connectivity index is 1.43. The standard InChI is InChI=1S/C21H19ClN4O2/c22-17-3-1-2-15(11-17)10-16-4-5-18(25-12-16)20-14-26(8-9-28-20)21(27)19-13-23-6-7-24-19/h1-7,11-13,20H,8-10,14H2/t20-/m1/s1. The number of aromatic nitrogens is 3. The van der Waals surface area contributed by atoms with Crippen LogP contribution in [0.1, 0.15) is 33.4 Å². The Labute approximate surface area is 168 Å². The number of amides is 1. The van der Waals surface area contributed by atoms with E-state index in [9.17, 15) is 4.79 Å². The number of halogens is 1. The quantitative estimate of drug-likeness (QED) is 0.679. The van der Waals surface area contributed by atoms with Crippen LogP contribution in [0.2, 0.25) is 5.02 Å². The van der Waals surface area contributed by atoms with Gasteiger partial charge in [0.1, 0.15) is 11.8 Å². The number of hydrogen-bond acceptors (Lipinski definition) is 5. The highest BCUT2D eigenvalue weighted by molar-refractivity contribution is 6.30. The molecule has 3 heterocycles. The van der Waals surface area contributed by atoms with Gasteiger partial charge in [-0.2, -0.15) is 0 Å². The Hall–Kier alpha value is -2.83. The number of ether oxygens (including phenoxy) is 1. The van der Waals surface area contributed by atoms with Gasteiger partial charge in [0.25, 0.3) is 5.91 Å². The van der Waals surface area contributed by atoms with Crippen LogP contribution in [0, 0.1) is 0 Å². The lowest BCUT2D eigenvalue weighted by atomic mass is 10.1. The summed E-state index contributed by atoms with van der Waals surface area (Å²) in [6.45, 7) is 1.43. The Morgan fingerprint density at radius 3 is 2.82 bits per heavy atom. The molecule has 1 atom stereocenters. The largest absolute Gasteiger partial charge is 0.368 e. The van der Waals surface area contributed by atoms with Gasteiger partial charge in [0, 0.05) is 30.2 Å². The summed E-state index contributed by atoms with van der Waals surface area (Å²) in [5, 5.41) is 0.727. The Morgan fingerprint density at radius 1 is 1.14 bits per heavy atom. The lowest BCUT2D eigenvalue weighted by molar-refractivity contribution is -0.0249. The maximum atomic E-state index is 12.6. The molecule has 1 amide bonds. The first-order valence-corrected chi connectivity index (χ1v) is 9.43. The number of carbonyl (C=O) groups excluding carboxylic acids is 1. The summed E-state index contributed by atoms with van der Waals surface area (Å²) in [5.74, 6) is -0.140. The highest BCUT2D eigenvalue weighted by Gasteiger charge is 2.27. The van der Waals surface area contributed by atoms with E-state index in [0.717, 1.165) is 28.3 Å². The normalized spacial score (nSPS) is 16.8. The molecule has 1 fully saturated rings. The fourth-order valence-electron chi connectivity index (χ4n) is 3.20. The molecule has 6 nitrogen and oxygen atoms in total. The van der Waals surface area contributed by atoms with Gasteiger partial charge in [-0.3, -0.25) is 14.8 Å². The molecule has 1 saturated heterocycles. The van der Waals surface area contributed by atoms with E-state index < -0.39 is 0 Å². The third kappa shape index (κ3) is 4.35. The predicted octanol–water partition coefficient (Wildman–Crippen LogP) is 3.33. The number of pyridine rings is 1. The molecule has 7 heteroatoms. The lowest BCUT2D eigenvalue weighted by Gasteiger charge is -2.32. The summed E-state index contributed by atoms with van der Waals surface area (Å²) < 4.78 is 5.84. The fraction of sp³-hybridized carbons (Fsp3) is 0.238. The molecular weight excluding hydrogens is 376 g/mol. The maximum Gasteiger partial charge on any atom is 0.274 e. The van der Waals surface area contributed by atoms with Crippen molar-refractivity contribution >= 4 is 17.5 Å². The zero-order chi connectivity index (χ0) is 19.3. The Morgan fingerprint density at radius 2 is 2.07 bits per heavy atom. The number of benzene rings is 1. The number of hydrogen-bond donors (Lipinski definition) is 0. The van der Waals surface area contributed by atoms with E-state index in [1.165, 1.54) is 12.4 Å². The smallest absolute Gasteiger partial charge is 0.274 e. The second-order valence-corrected chi connectivity index (χ2v) is 7.04. The van der Waals surface area contributed by atoms with Crippen molar-refractivity contribution in [2.45, 2.75) is 12.5 Å². The van der Waals surface area contributed by atoms with E-state index in [1.54, 1.807) is 11.1 Å². The van der Waals surface area contributed by atoms with Crippen molar-refractivity contribution in [3.8, 4) is 0 Å². The van der Waals surface area contributed by atoms with Crippen LogP contribution < -0.4 is 0 Å². The third-order valence-corrected chi connectivity index (χ3v) is 4.85. The van der Waals surface area contributed by atoms with Crippen molar-refractivity contribution in [3.05, 3.63) is 88.7 Å². The molecule has 1 aliphatic rings. The third-order valence-electron chi connectivity index (χ3n) is 4.61. The van der Waals surface area contributed by atoms with Crippen LogP contribution >= 0.6 is 11.6 Å². The molecule has 1 aromatic carbocycles. The summed E-state index contributed by atoms with van der Waals surface area (Å²) in [7, 11) is 0. The molecule has 0 saturated carbocycles. The number of nitrogens with zero attached hydrogens (tertiary/aromatic N) is 4. The minimum Gasteiger partial charge on any atom is -0.368 e. The van der Waals surface area contributed by atoms with Crippen molar-refractivity contribution in [2.24, 2.45) is 0 Å². The van der Waals surface area contributed by atoms with E-state index in [4.69, 9.17) is 16.3 Å². The summed E-state index contributed by atoms with van der Waals surface area (Å²) in [4.78, 5) is 27.0. The average molecular weight is 395 g/mol. The molecule has 4 rings (SSSR count). The van der Waals surface area contributed by atoms with E-state index in [1.807, 2.05) is 42.6 Å². The molecule has 0 unspecified atom stereocenters. The van der Waals surface area contributed by atoms with Gasteiger partial charge in [0.15, 0.2) is 0 Å². The summed E-state index contributed by atoms with van der Waals surface area (Å²) >= 11 is 6.05. The SMILES string of the molecule is O=C(c1cnccn1)N1CCO[C@@H](c2ccc(Cc3cccc(Cl)c3)cn2)C1. The van der Waals surface area contributed by atoms with Gasteiger partial charge in [-0.1, -0.05) is 29.8 Å². The van der Waals surface area contributed by atoms with Gasteiger partial charge < -0.3 is 9.64 Å². The van der Waals surface area contributed by atoms with Crippen LogP contribution in [0.4, 0.5) is 0 Å². The molecule has 1 aliphatic heterocycles. The second kappa shape index (κ2) is 8.46. The van der Waals surface area contributed by atoms with Crippen LogP contribution in [0.25, 0.3) is 0 Å². The fourth-order valence-corrected chi connectivity index (χ4v) is 3.41. The van der Waals surface area contributed by atoms with Crippen LogP contribution in [0.15, 0.2) is 61.2 Å². The molecule has 142 valence electrons. The zero-order valence-electron chi connectivity index (χ0n) is 15.2. The van der Waals surface area contributed by atoms with E-state index >= 15 is 0 Å². The molecule has 0 radical (unpaired) electrons. The van der Waals surface area contributed by atoms with Crippen LogP contribution in [-0.2, 0) is 11.2 Å². The van der Waals surface area contributed by atoms with Gasteiger partial charge in [0.2, 0.25) is 0 Å². The number of carbonyl (C=O) groups is 1. The molecule has 0 spiro atoms. The van der Waals surface area contributed by atoms with Crippen molar-refractivity contribution in [1.82, 2.24) is 19.9 Å². The van der Waals surface area contributed by atoms with Crippen LogP contribution in [0.5, 0.6) is 0 Å². The first-order valence-electron chi connectivity index (χ1n) is 9.05. The second-order valence-electron chi connectivity index (χ2n) is 6.60. The molecule has 0 N–H and O–H groups in total. The zero-order valence-corrected chi connectivity index (χ0v) is 15.9. The number of morpholine rings is 1. The van der Waals surface area contributed by atoms with E-state index in [-0.39, 0.29) is 12.0 Å². The van der Waals surface area contributed by atoms with Gasteiger partial charge in [-0.15, -0.1) is 0 Å². The van der Waals surface area contributed by atoms with Crippen LogP contribution in [-0.4, -0.2) is 45.5 Å². The first-order chi connectivity index (χ1) is 13.7. The van der Waals surface area contributed by atoms with Gasteiger partial charge >= 0.3 is 0 Å². The Bertz CT molecular complexity index is 950. The minimum atomic E-state index is -0.255. The van der Waals surface area contributed by atoms with Crippen molar-refractivity contribution in [1.29, 1.82) is 0 Å². The van der Waals surface area contributed by atoms with E-state index in [2.05, 4.69) is 15.0 Å². The molecule has 28 heavy (non-hydrogen) atoms. The molecule has 0 aliphatic carbocycles. The summed E-state index contributed by atoms with van der Waals surface area (Å²) in [6.07, 6.45) is 6.91. The highest BCUT2D eigenvalue weighted by Crippen LogP contribution is 2.22.